The number of piperazine rings is 1. The maximum absolute atomic E-state index is 12.0. The van der Waals surface area contributed by atoms with Crippen LogP contribution in [-0.4, -0.2) is 68.3 Å². The zero-order valence-electron chi connectivity index (χ0n) is 8.71. The Morgan fingerprint density at radius 3 is 2.36 bits per heavy atom. The van der Waals surface area contributed by atoms with Crippen molar-refractivity contribution >= 4 is 0 Å². The molecule has 2 fully saturated rings. The van der Waals surface area contributed by atoms with Gasteiger partial charge in [0.15, 0.2) is 0 Å². The van der Waals surface area contributed by atoms with Crippen molar-refractivity contribution in [3.05, 3.63) is 0 Å². The van der Waals surface area contributed by atoms with Gasteiger partial charge in [-0.15, -0.1) is 0 Å². The highest BCUT2D eigenvalue weighted by Crippen LogP contribution is 2.09. The summed E-state index contributed by atoms with van der Waals surface area (Å²) in [5.41, 5.74) is 0. The van der Waals surface area contributed by atoms with Crippen LogP contribution in [0.15, 0.2) is 0 Å². The number of rotatable bonds is 4. The van der Waals surface area contributed by atoms with Crippen LogP contribution in [0.3, 0.4) is 0 Å². The maximum Gasteiger partial charge on any atom is 0.0906 e. The molecule has 2 heterocycles. The predicted octanol–water partition coefficient (Wildman–Crippen LogP) is -0.0646. The van der Waals surface area contributed by atoms with Crippen LogP contribution in [-0.2, 0) is 0 Å². The number of alkyl halides is 1. The molecule has 3 nitrogen and oxygen atoms in total. The Balaban J connectivity index is 1.64. The highest BCUT2D eigenvalue weighted by molar-refractivity contribution is 4.87. The summed E-state index contributed by atoms with van der Waals surface area (Å²) in [5.74, 6) is 0. The minimum Gasteiger partial charge on any atom is -0.314 e. The zero-order valence-corrected chi connectivity index (χ0v) is 8.71. The lowest BCUT2D eigenvalue weighted by molar-refractivity contribution is 0.0715. The van der Waals surface area contributed by atoms with E-state index < -0.39 is 0 Å². The molecule has 0 aromatic rings. The van der Waals surface area contributed by atoms with Gasteiger partial charge in [-0.05, 0) is 6.42 Å². The van der Waals surface area contributed by atoms with E-state index in [-0.39, 0.29) is 6.67 Å². The fourth-order valence-electron chi connectivity index (χ4n) is 2.17. The summed E-state index contributed by atoms with van der Waals surface area (Å²) >= 11 is 0. The third-order valence-corrected chi connectivity index (χ3v) is 3.29. The smallest absolute Gasteiger partial charge is 0.0906 e. The summed E-state index contributed by atoms with van der Waals surface area (Å²) in [7, 11) is 0. The number of nitrogens with zero attached hydrogens (tertiary/aromatic N) is 2. The summed E-state index contributed by atoms with van der Waals surface area (Å²) in [6.45, 7) is 7.65. The Hall–Kier alpha value is -0.190. The van der Waals surface area contributed by atoms with Crippen molar-refractivity contribution in [2.75, 3.05) is 52.5 Å². The minimum atomic E-state index is -0.174. The van der Waals surface area contributed by atoms with Gasteiger partial charge in [0.1, 0.15) is 0 Å². The number of hydrogen-bond acceptors (Lipinski definition) is 3. The third kappa shape index (κ3) is 2.43. The molecule has 2 rings (SSSR count). The average Bonchev–Trinajstić information content (AvgIpc) is 2.14. The molecule has 0 radical (unpaired) electrons. The molecule has 0 amide bonds. The number of halogens is 1. The molecule has 2 aliphatic heterocycles. The Morgan fingerprint density at radius 1 is 1.14 bits per heavy atom. The van der Waals surface area contributed by atoms with Crippen LogP contribution in [0.2, 0.25) is 0 Å². The molecule has 0 aliphatic carbocycles. The maximum atomic E-state index is 12.0. The van der Waals surface area contributed by atoms with E-state index in [0.717, 1.165) is 38.8 Å². The minimum absolute atomic E-state index is 0.174. The van der Waals surface area contributed by atoms with Gasteiger partial charge < -0.3 is 10.2 Å². The predicted molar refractivity (Wildman–Crippen MR) is 55.3 cm³/mol. The van der Waals surface area contributed by atoms with Crippen molar-refractivity contribution in [3.63, 3.8) is 0 Å². The Kier molecular flexibility index (Phi) is 3.73. The normalized spacial score (nSPS) is 26.4. The SMILES string of the molecule is FCCCN1CCN(C2CNC2)CC1. The molecule has 82 valence electrons. The highest BCUT2D eigenvalue weighted by Gasteiger charge is 2.27. The summed E-state index contributed by atoms with van der Waals surface area (Å²) in [4.78, 5) is 4.94. The van der Waals surface area contributed by atoms with Gasteiger partial charge in [0.2, 0.25) is 0 Å². The summed E-state index contributed by atoms with van der Waals surface area (Å²) < 4.78 is 12.0. The van der Waals surface area contributed by atoms with Crippen LogP contribution in [0.25, 0.3) is 0 Å². The molecule has 0 aromatic heterocycles. The van der Waals surface area contributed by atoms with E-state index in [2.05, 4.69) is 15.1 Å². The van der Waals surface area contributed by atoms with E-state index in [1.165, 1.54) is 13.1 Å². The molecule has 0 unspecified atom stereocenters. The first-order chi connectivity index (χ1) is 6.90. The second-order valence-electron chi connectivity index (χ2n) is 4.23. The second kappa shape index (κ2) is 5.05. The van der Waals surface area contributed by atoms with E-state index in [1.807, 2.05) is 0 Å². The topological polar surface area (TPSA) is 18.5 Å². The van der Waals surface area contributed by atoms with Gasteiger partial charge in [-0.1, -0.05) is 0 Å². The lowest BCUT2D eigenvalue weighted by Crippen LogP contribution is -2.61. The molecule has 2 aliphatic rings. The molecule has 14 heavy (non-hydrogen) atoms. The molecule has 0 aromatic carbocycles. The first-order valence-electron chi connectivity index (χ1n) is 5.63. The van der Waals surface area contributed by atoms with Crippen molar-refractivity contribution in [1.29, 1.82) is 0 Å². The van der Waals surface area contributed by atoms with Gasteiger partial charge in [0.05, 0.1) is 6.67 Å². The zero-order chi connectivity index (χ0) is 9.80. The van der Waals surface area contributed by atoms with E-state index >= 15 is 0 Å². The molecular formula is C10H20FN3. The summed E-state index contributed by atoms with van der Waals surface area (Å²) in [5, 5.41) is 3.30. The molecule has 4 heteroatoms. The van der Waals surface area contributed by atoms with Crippen LogP contribution in [0.5, 0.6) is 0 Å². The molecule has 0 atom stereocenters. The van der Waals surface area contributed by atoms with Crippen molar-refractivity contribution < 1.29 is 4.39 Å². The molecular weight excluding hydrogens is 181 g/mol. The van der Waals surface area contributed by atoms with E-state index in [4.69, 9.17) is 0 Å². The van der Waals surface area contributed by atoms with Crippen molar-refractivity contribution in [1.82, 2.24) is 15.1 Å². The third-order valence-electron chi connectivity index (χ3n) is 3.29. The van der Waals surface area contributed by atoms with Gasteiger partial charge in [-0.25, -0.2) is 0 Å². The molecule has 2 saturated heterocycles. The summed E-state index contributed by atoms with van der Waals surface area (Å²) in [6.07, 6.45) is 0.699. The monoisotopic (exact) mass is 201 g/mol. The van der Waals surface area contributed by atoms with Gasteiger partial charge >= 0.3 is 0 Å². The second-order valence-corrected chi connectivity index (χ2v) is 4.23. The fourth-order valence-corrected chi connectivity index (χ4v) is 2.17. The number of hydrogen-bond donors (Lipinski definition) is 1. The van der Waals surface area contributed by atoms with Crippen molar-refractivity contribution in [2.24, 2.45) is 0 Å². The largest absolute Gasteiger partial charge is 0.314 e. The van der Waals surface area contributed by atoms with Crippen LogP contribution in [0, 0.1) is 0 Å². The van der Waals surface area contributed by atoms with E-state index in [9.17, 15) is 4.39 Å². The fraction of sp³-hybridized carbons (Fsp3) is 1.00. The van der Waals surface area contributed by atoms with Crippen LogP contribution >= 0.6 is 0 Å². The molecule has 0 bridgehead atoms. The van der Waals surface area contributed by atoms with Gasteiger partial charge in [-0.3, -0.25) is 9.29 Å². The average molecular weight is 201 g/mol. The van der Waals surface area contributed by atoms with Crippen LogP contribution in [0.1, 0.15) is 6.42 Å². The van der Waals surface area contributed by atoms with Crippen molar-refractivity contribution in [2.45, 2.75) is 12.5 Å². The number of nitrogens with one attached hydrogen (secondary N) is 1. The highest BCUT2D eigenvalue weighted by atomic mass is 19.1. The first kappa shape index (κ1) is 10.3. The molecule has 0 saturated carbocycles. The van der Waals surface area contributed by atoms with E-state index in [1.54, 1.807) is 0 Å². The standard InChI is InChI=1S/C10H20FN3/c11-2-1-3-13-4-6-14(7-5-13)10-8-12-9-10/h10,12H,1-9H2. The van der Waals surface area contributed by atoms with Gasteiger partial charge in [0.25, 0.3) is 0 Å². The first-order valence-corrected chi connectivity index (χ1v) is 5.63. The summed E-state index contributed by atoms with van der Waals surface area (Å²) in [6, 6.07) is 0.776. The molecule has 1 N–H and O–H groups in total. The van der Waals surface area contributed by atoms with Crippen LogP contribution in [0.4, 0.5) is 4.39 Å². The van der Waals surface area contributed by atoms with Gasteiger partial charge in [-0.2, -0.15) is 0 Å². The Labute approximate surface area is 85.2 Å². The van der Waals surface area contributed by atoms with Gasteiger partial charge in [0, 0.05) is 51.9 Å². The Morgan fingerprint density at radius 2 is 1.86 bits per heavy atom. The quantitative estimate of drug-likeness (QED) is 0.687. The Bertz CT molecular complexity index is 165. The van der Waals surface area contributed by atoms with E-state index in [0.29, 0.717) is 6.42 Å². The van der Waals surface area contributed by atoms with Crippen LogP contribution < -0.4 is 5.32 Å². The lowest BCUT2D eigenvalue weighted by atomic mass is 10.1. The molecule has 0 spiro atoms. The van der Waals surface area contributed by atoms with Crippen molar-refractivity contribution in [3.8, 4) is 0 Å². The lowest BCUT2D eigenvalue weighted by Gasteiger charge is -2.43.